The minimum Gasteiger partial charge on any atom is -0.493 e. The second kappa shape index (κ2) is 4.03. The topological polar surface area (TPSA) is 84.6 Å². The highest BCUT2D eigenvalue weighted by atomic mass is 16.5. The van der Waals surface area contributed by atoms with Crippen molar-refractivity contribution in [1.82, 2.24) is 9.78 Å². The van der Waals surface area contributed by atoms with Crippen LogP contribution in [0.2, 0.25) is 0 Å². The molecule has 0 aliphatic heterocycles. The SMILES string of the molecule is CCn1ncc(OC)c1C1(O)CC(C(=O)O)C1. The molecule has 1 saturated carbocycles. The molecule has 0 saturated heterocycles. The van der Waals surface area contributed by atoms with Gasteiger partial charge in [-0.2, -0.15) is 5.10 Å². The monoisotopic (exact) mass is 240 g/mol. The zero-order valence-electron chi connectivity index (χ0n) is 9.88. The van der Waals surface area contributed by atoms with Crippen LogP contribution in [-0.4, -0.2) is 33.1 Å². The smallest absolute Gasteiger partial charge is 0.306 e. The molecule has 1 aliphatic rings. The Morgan fingerprint density at radius 1 is 1.71 bits per heavy atom. The Balaban J connectivity index is 2.28. The second-order valence-corrected chi connectivity index (χ2v) is 4.35. The number of aryl methyl sites for hydroxylation is 1. The second-order valence-electron chi connectivity index (χ2n) is 4.35. The first-order valence-corrected chi connectivity index (χ1v) is 5.57. The van der Waals surface area contributed by atoms with Crippen LogP contribution in [0.15, 0.2) is 6.20 Å². The van der Waals surface area contributed by atoms with Crippen LogP contribution in [0, 0.1) is 5.92 Å². The molecule has 6 heteroatoms. The van der Waals surface area contributed by atoms with Crippen LogP contribution in [0.25, 0.3) is 0 Å². The average molecular weight is 240 g/mol. The first-order chi connectivity index (χ1) is 8.01. The van der Waals surface area contributed by atoms with Gasteiger partial charge in [-0.3, -0.25) is 9.48 Å². The van der Waals surface area contributed by atoms with Crippen molar-refractivity contribution in [2.24, 2.45) is 5.92 Å². The van der Waals surface area contributed by atoms with Crippen molar-refractivity contribution in [3.63, 3.8) is 0 Å². The Morgan fingerprint density at radius 3 is 2.82 bits per heavy atom. The van der Waals surface area contributed by atoms with Gasteiger partial charge in [0.1, 0.15) is 11.3 Å². The van der Waals surface area contributed by atoms with Crippen LogP contribution in [0.3, 0.4) is 0 Å². The number of aliphatic hydroxyl groups is 1. The number of nitrogens with zero attached hydrogens (tertiary/aromatic N) is 2. The number of hydrogen-bond donors (Lipinski definition) is 2. The van der Waals surface area contributed by atoms with Gasteiger partial charge >= 0.3 is 5.97 Å². The largest absolute Gasteiger partial charge is 0.493 e. The van der Waals surface area contributed by atoms with Crippen LogP contribution in [-0.2, 0) is 16.9 Å². The molecule has 2 N–H and O–H groups in total. The number of carbonyl (C=O) groups is 1. The van der Waals surface area contributed by atoms with Gasteiger partial charge in [0.25, 0.3) is 0 Å². The first kappa shape index (κ1) is 11.9. The molecule has 1 aliphatic carbocycles. The molecule has 0 bridgehead atoms. The zero-order chi connectivity index (χ0) is 12.6. The lowest BCUT2D eigenvalue weighted by atomic mass is 9.69. The quantitative estimate of drug-likeness (QED) is 0.804. The van der Waals surface area contributed by atoms with E-state index < -0.39 is 17.5 Å². The lowest BCUT2D eigenvalue weighted by molar-refractivity contribution is -0.160. The summed E-state index contributed by atoms with van der Waals surface area (Å²) in [6, 6.07) is 0. The Bertz CT molecular complexity index is 413. The van der Waals surface area contributed by atoms with E-state index in [9.17, 15) is 9.90 Å². The molecule has 94 valence electrons. The maximum Gasteiger partial charge on any atom is 0.306 e. The van der Waals surface area contributed by atoms with Crippen molar-refractivity contribution in [1.29, 1.82) is 0 Å². The zero-order valence-corrected chi connectivity index (χ0v) is 9.88. The molecule has 1 fully saturated rings. The Hall–Kier alpha value is -1.56. The van der Waals surface area contributed by atoms with Gasteiger partial charge in [0, 0.05) is 6.54 Å². The molecule has 2 rings (SSSR count). The van der Waals surface area contributed by atoms with Gasteiger partial charge in [0.05, 0.1) is 19.2 Å². The van der Waals surface area contributed by atoms with Crippen LogP contribution in [0.5, 0.6) is 5.75 Å². The van der Waals surface area contributed by atoms with Crippen LogP contribution >= 0.6 is 0 Å². The Kier molecular flexibility index (Phi) is 2.82. The van der Waals surface area contributed by atoms with E-state index in [1.54, 1.807) is 10.9 Å². The fourth-order valence-corrected chi connectivity index (χ4v) is 2.35. The van der Waals surface area contributed by atoms with E-state index in [1.165, 1.54) is 7.11 Å². The maximum absolute atomic E-state index is 10.8. The summed E-state index contributed by atoms with van der Waals surface area (Å²) in [6.45, 7) is 2.52. The molecule has 1 heterocycles. The number of aromatic nitrogens is 2. The third-order valence-electron chi connectivity index (χ3n) is 3.28. The summed E-state index contributed by atoms with van der Waals surface area (Å²) < 4.78 is 6.80. The van der Waals surface area contributed by atoms with E-state index in [2.05, 4.69) is 5.10 Å². The molecule has 6 nitrogen and oxygen atoms in total. The van der Waals surface area contributed by atoms with Crippen molar-refractivity contribution >= 4 is 5.97 Å². The summed E-state index contributed by atoms with van der Waals surface area (Å²) >= 11 is 0. The van der Waals surface area contributed by atoms with Crippen molar-refractivity contribution < 1.29 is 19.7 Å². The summed E-state index contributed by atoms with van der Waals surface area (Å²) in [5.74, 6) is -0.834. The van der Waals surface area contributed by atoms with Crippen molar-refractivity contribution in [2.75, 3.05) is 7.11 Å². The third-order valence-corrected chi connectivity index (χ3v) is 3.28. The van der Waals surface area contributed by atoms with Gasteiger partial charge in [-0.25, -0.2) is 0 Å². The van der Waals surface area contributed by atoms with Crippen LogP contribution < -0.4 is 4.74 Å². The summed E-state index contributed by atoms with van der Waals surface area (Å²) in [4.78, 5) is 10.8. The number of hydrogen-bond acceptors (Lipinski definition) is 4. The van der Waals surface area contributed by atoms with Gasteiger partial charge in [-0.05, 0) is 19.8 Å². The third kappa shape index (κ3) is 1.78. The predicted octanol–water partition coefficient (Wildman–Crippen LogP) is 0.594. The van der Waals surface area contributed by atoms with E-state index in [1.807, 2.05) is 6.92 Å². The summed E-state index contributed by atoms with van der Waals surface area (Å²) in [6.07, 6.45) is 1.97. The number of methoxy groups -OCH3 is 1. The van der Waals surface area contributed by atoms with Gasteiger partial charge in [-0.15, -0.1) is 0 Å². The van der Waals surface area contributed by atoms with Gasteiger partial charge in [-0.1, -0.05) is 0 Å². The Morgan fingerprint density at radius 2 is 2.35 bits per heavy atom. The highest BCUT2D eigenvalue weighted by Crippen LogP contribution is 2.48. The molecule has 17 heavy (non-hydrogen) atoms. The normalized spacial score (nSPS) is 27.6. The first-order valence-electron chi connectivity index (χ1n) is 5.57. The van der Waals surface area contributed by atoms with Gasteiger partial charge < -0.3 is 14.9 Å². The number of carboxylic acid groups (broad SMARTS) is 1. The molecule has 0 radical (unpaired) electrons. The molecular formula is C11H16N2O4. The average Bonchev–Trinajstić information content (AvgIpc) is 2.67. The molecule has 0 spiro atoms. The van der Waals surface area contributed by atoms with E-state index in [-0.39, 0.29) is 12.8 Å². The fourth-order valence-electron chi connectivity index (χ4n) is 2.35. The summed E-state index contributed by atoms with van der Waals surface area (Å²) in [5, 5.41) is 23.4. The molecule has 0 amide bonds. The Labute approximate surface area is 98.8 Å². The lowest BCUT2D eigenvalue weighted by Gasteiger charge is -2.41. The van der Waals surface area contributed by atoms with E-state index in [4.69, 9.17) is 9.84 Å². The van der Waals surface area contributed by atoms with Crippen molar-refractivity contribution in [3.8, 4) is 5.75 Å². The summed E-state index contributed by atoms with van der Waals surface area (Å²) in [5.41, 5.74) is -0.541. The summed E-state index contributed by atoms with van der Waals surface area (Å²) in [7, 11) is 1.51. The van der Waals surface area contributed by atoms with Crippen LogP contribution in [0.1, 0.15) is 25.5 Å². The lowest BCUT2D eigenvalue weighted by Crippen LogP contribution is -2.46. The molecule has 0 aromatic carbocycles. The highest BCUT2D eigenvalue weighted by molar-refractivity contribution is 5.72. The molecule has 0 atom stereocenters. The number of aliphatic carboxylic acids is 1. The maximum atomic E-state index is 10.8. The molecule has 0 unspecified atom stereocenters. The van der Waals surface area contributed by atoms with E-state index >= 15 is 0 Å². The van der Waals surface area contributed by atoms with E-state index in [0.29, 0.717) is 18.0 Å². The van der Waals surface area contributed by atoms with Gasteiger partial charge in [0.15, 0.2) is 5.75 Å². The molecular weight excluding hydrogens is 224 g/mol. The predicted molar refractivity (Wildman–Crippen MR) is 58.7 cm³/mol. The molecule has 1 aromatic heterocycles. The minimum absolute atomic E-state index is 0.213. The highest BCUT2D eigenvalue weighted by Gasteiger charge is 2.50. The van der Waals surface area contributed by atoms with Crippen molar-refractivity contribution in [3.05, 3.63) is 11.9 Å². The standard InChI is InChI=1S/C11H16N2O4/c1-3-13-9(8(17-2)6-12-13)11(16)4-7(5-11)10(14)15/h6-7,16H,3-5H2,1-2H3,(H,14,15). The molecule has 1 aromatic rings. The minimum atomic E-state index is -1.12. The fraction of sp³-hybridized carbons (Fsp3) is 0.636. The van der Waals surface area contributed by atoms with Gasteiger partial charge in [0.2, 0.25) is 0 Å². The number of ether oxygens (including phenoxy) is 1. The van der Waals surface area contributed by atoms with E-state index in [0.717, 1.165) is 0 Å². The number of carboxylic acids is 1. The number of rotatable bonds is 4. The van der Waals surface area contributed by atoms with Crippen molar-refractivity contribution in [2.45, 2.75) is 31.9 Å². The van der Waals surface area contributed by atoms with Crippen LogP contribution in [0.4, 0.5) is 0 Å².